The number of aryl methyl sites for hydroxylation is 3. The molecule has 0 aliphatic carbocycles. The van der Waals surface area contributed by atoms with Crippen molar-refractivity contribution < 1.29 is 9.59 Å². The first kappa shape index (κ1) is 26.1. The second kappa shape index (κ2) is 10.2. The number of anilines is 2. The third-order valence-corrected chi connectivity index (χ3v) is 5.42. The molecule has 0 bridgehead atoms. The van der Waals surface area contributed by atoms with Gasteiger partial charge in [0, 0.05) is 24.2 Å². The van der Waals surface area contributed by atoms with Crippen molar-refractivity contribution in [2.45, 2.75) is 32.9 Å². The van der Waals surface area contributed by atoms with Crippen LogP contribution >= 0.6 is 34.0 Å². The van der Waals surface area contributed by atoms with Crippen molar-refractivity contribution in [1.82, 2.24) is 19.1 Å². The Hall–Kier alpha value is -3.12. The second-order valence-electron chi connectivity index (χ2n) is 7.54. The highest BCUT2D eigenvalue weighted by molar-refractivity contribution is 8.93. The number of carbonyl (C=O) groups excluding carboxylic acids is 2. The lowest BCUT2D eigenvalue weighted by Gasteiger charge is -2.10. The SMILES string of the molecule is Br.Br.Cc1cc(C(N)=O)cc2nc(N)n(CCCCn3c(N)nc4cc(C(N)=O)ccc43)c12. The van der Waals surface area contributed by atoms with Gasteiger partial charge in [0.15, 0.2) is 0 Å². The van der Waals surface area contributed by atoms with Crippen molar-refractivity contribution in [1.29, 1.82) is 0 Å². The first-order valence-electron chi connectivity index (χ1n) is 9.88. The quantitative estimate of drug-likeness (QED) is 0.244. The average Bonchev–Trinajstić information content (AvgIpc) is 3.20. The lowest BCUT2D eigenvalue weighted by atomic mass is 10.1. The number of unbranched alkanes of at least 4 members (excludes halogenated alkanes) is 1. The van der Waals surface area contributed by atoms with Gasteiger partial charge in [0.2, 0.25) is 23.7 Å². The van der Waals surface area contributed by atoms with E-state index in [-0.39, 0.29) is 34.0 Å². The van der Waals surface area contributed by atoms with Crippen LogP contribution < -0.4 is 22.9 Å². The first-order chi connectivity index (χ1) is 14.8. The Kier molecular flexibility index (Phi) is 8.09. The number of rotatable bonds is 7. The molecule has 0 fully saturated rings. The molecular formula is C21H26Br2N8O2. The van der Waals surface area contributed by atoms with E-state index < -0.39 is 11.8 Å². The summed E-state index contributed by atoms with van der Waals surface area (Å²) in [6.45, 7) is 3.23. The number of hydrogen-bond donors (Lipinski definition) is 4. The third kappa shape index (κ3) is 4.96. The van der Waals surface area contributed by atoms with E-state index in [1.807, 2.05) is 16.1 Å². The summed E-state index contributed by atoms with van der Waals surface area (Å²) in [5, 5.41) is 0. The number of primary amides is 2. The van der Waals surface area contributed by atoms with Gasteiger partial charge in [0.25, 0.3) is 0 Å². The molecule has 2 heterocycles. The Labute approximate surface area is 210 Å². The van der Waals surface area contributed by atoms with Crippen LogP contribution in [0.4, 0.5) is 11.9 Å². The van der Waals surface area contributed by atoms with Crippen molar-refractivity contribution in [2.75, 3.05) is 11.5 Å². The molecule has 0 saturated heterocycles. The number of fused-ring (bicyclic) bond motifs is 2. The summed E-state index contributed by atoms with van der Waals surface area (Å²) in [5.74, 6) is -0.213. The molecule has 4 aromatic rings. The van der Waals surface area contributed by atoms with Gasteiger partial charge >= 0.3 is 0 Å². The van der Waals surface area contributed by atoms with Crippen LogP contribution in [0.1, 0.15) is 39.1 Å². The number of benzene rings is 2. The highest BCUT2D eigenvalue weighted by Gasteiger charge is 2.14. The van der Waals surface area contributed by atoms with Gasteiger partial charge < -0.3 is 32.1 Å². The van der Waals surface area contributed by atoms with E-state index in [1.165, 1.54) is 0 Å². The van der Waals surface area contributed by atoms with Gasteiger partial charge in [-0.3, -0.25) is 9.59 Å². The van der Waals surface area contributed by atoms with E-state index in [0.29, 0.717) is 47.1 Å². The summed E-state index contributed by atoms with van der Waals surface area (Å²) in [7, 11) is 0. The number of aromatic nitrogens is 4. The van der Waals surface area contributed by atoms with Crippen LogP contribution in [0.5, 0.6) is 0 Å². The van der Waals surface area contributed by atoms with Gasteiger partial charge in [-0.15, -0.1) is 34.0 Å². The zero-order chi connectivity index (χ0) is 22.3. The molecule has 2 aromatic carbocycles. The van der Waals surface area contributed by atoms with E-state index in [4.69, 9.17) is 22.9 Å². The van der Waals surface area contributed by atoms with Crippen LogP contribution in [0.25, 0.3) is 22.1 Å². The van der Waals surface area contributed by atoms with Gasteiger partial charge in [-0.05, 0) is 55.7 Å². The van der Waals surface area contributed by atoms with Crippen LogP contribution in [0.2, 0.25) is 0 Å². The minimum absolute atomic E-state index is 0. The molecule has 33 heavy (non-hydrogen) atoms. The number of nitrogens with zero attached hydrogens (tertiary/aromatic N) is 4. The molecule has 0 aliphatic rings. The zero-order valence-electron chi connectivity index (χ0n) is 17.9. The standard InChI is InChI=1S/C21H24N8O2.2BrH/c1-11-8-13(19(23)31)10-15-17(11)29(21(25)27-15)7-3-2-6-28-16-5-4-12(18(22)30)9-14(16)26-20(28)24;;/h4-5,8-10H,2-3,6-7H2,1H3,(H2,22,30)(H2,23,31)(H2,24,26)(H2,25,27);2*1H. The fraction of sp³-hybridized carbons (Fsp3) is 0.238. The van der Waals surface area contributed by atoms with Crippen molar-refractivity contribution in [3.8, 4) is 0 Å². The van der Waals surface area contributed by atoms with E-state index in [9.17, 15) is 9.59 Å². The van der Waals surface area contributed by atoms with Crippen LogP contribution in [0.3, 0.4) is 0 Å². The topological polar surface area (TPSA) is 174 Å². The molecular weight excluding hydrogens is 556 g/mol. The number of nitrogen functional groups attached to an aromatic ring is 2. The van der Waals surface area contributed by atoms with Crippen LogP contribution in [0.15, 0.2) is 30.3 Å². The van der Waals surface area contributed by atoms with Crippen LogP contribution in [-0.2, 0) is 13.1 Å². The Morgan fingerprint density at radius 2 is 1.36 bits per heavy atom. The largest absolute Gasteiger partial charge is 0.369 e. The number of amides is 2. The van der Waals surface area contributed by atoms with Gasteiger partial charge in [-0.2, -0.15) is 0 Å². The molecule has 0 aliphatic heterocycles. The fourth-order valence-corrected chi connectivity index (χ4v) is 3.94. The Bertz CT molecular complexity index is 1350. The lowest BCUT2D eigenvalue weighted by Crippen LogP contribution is -2.11. The van der Waals surface area contributed by atoms with Gasteiger partial charge in [0.05, 0.1) is 22.1 Å². The minimum atomic E-state index is -0.501. The second-order valence-corrected chi connectivity index (χ2v) is 7.54. The monoisotopic (exact) mass is 580 g/mol. The predicted molar refractivity (Wildman–Crippen MR) is 140 cm³/mol. The van der Waals surface area contributed by atoms with E-state index in [1.54, 1.807) is 30.3 Å². The molecule has 12 heteroatoms. The molecule has 2 amide bonds. The summed E-state index contributed by atoms with van der Waals surface area (Å²) in [5.41, 5.74) is 27.7. The van der Waals surface area contributed by atoms with Crippen LogP contribution in [0, 0.1) is 6.92 Å². The van der Waals surface area contributed by atoms with Crippen molar-refractivity contribution in [3.05, 3.63) is 47.0 Å². The average molecular weight is 582 g/mol. The number of halogens is 2. The molecule has 2 aromatic heterocycles. The normalized spacial score (nSPS) is 10.7. The Morgan fingerprint density at radius 3 is 2.00 bits per heavy atom. The summed E-state index contributed by atoms with van der Waals surface area (Å²) >= 11 is 0. The van der Waals surface area contributed by atoms with E-state index in [0.717, 1.165) is 29.4 Å². The molecule has 0 unspecified atom stereocenters. The van der Waals surface area contributed by atoms with Crippen LogP contribution in [-0.4, -0.2) is 30.9 Å². The van der Waals surface area contributed by atoms with Crippen molar-refractivity contribution >= 4 is 79.7 Å². The molecule has 8 N–H and O–H groups in total. The highest BCUT2D eigenvalue weighted by Crippen LogP contribution is 2.25. The first-order valence-corrected chi connectivity index (χ1v) is 9.88. The van der Waals surface area contributed by atoms with Gasteiger partial charge in [-0.25, -0.2) is 9.97 Å². The number of hydrogen-bond acceptors (Lipinski definition) is 6. The van der Waals surface area contributed by atoms with Gasteiger partial charge in [0.1, 0.15) is 0 Å². The number of imidazole rings is 2. The minimum Gasteiger partial charge on any atom is -0.369 e. The maximum absolute atomic E-state index is 11.5. The van der Waals surface area contributed by atoms with Crippen molar-refractivity contribution in [3.63, 3.8) is 0 Å². The summed E-state index contributed by atoms with van der Waals surface area (Å²) in [6, 6.07) is 8.53. The molecule has 0 radical (unpaired) electrons. The fourth-order valence-electron chi connectivity index (χ4n) is 3.94. The molecule has 176 valence electrons. The summed E-state index contributed by atoms with van der Waals surface area (Å²) in [6.07, 6.45) is 1.65. The Morgan fingerprint density at radius 1 is 0.818 bits per heavy atom. The third-order valence-electron chi connectivity index (χ3n) is 5.42. The highest BCUT2D eigenvalue weighted by atomic mass is 79.9. The zero-order valence-corrected chi connectivity index (χ0v) is 21.4. The molecule has 0 atom stereocenters. The Balaban J connectivity index is 0.00000193. The summed E-state index contributed by atoms with van der Waals surface area (Å²) < 4.78 is 3.86. The molecule has 4 rings (SSSR count). The van der Waals surface area contributed by atoms with Crippen molar-refractivity contribution in [2.24, 2.45) is 11.5 Å². The van der Waals surface area contributed by atoms with E-state index in [2.05, 4.69) is 9.97 Å². The van der Waals surface area contributed by atoms with E-state index >= 15 is 0 Å². The lowest BCUT2D eigenvalue weighted by molar-refractivity contribution is 0.0992. The molecule has 10 nitrogen and oxygen atoms in total. The predicted octanol–water partition coefficient (Wildman–Crippen LogP) is 2.69. The summed E-state index contributed by atoms with van der Waals surface area (Å²) in [4.78, 5) is 31.6. The molecule has 0 saturated carbocycles. The maximum Gasteiger partial charge on any atom is 0.248 e. The smallest absolute Gasteiger partial charge is 0.248 e. The number of carbonyl (C=O) groups is 2. The maximum atomic E-state index is 11.5. The molecule has 0 spiro atoms. The number of nitrogens with two attached hydrogens (primary N) is 4. The van der Waals surface area contributed by atoms with Gasteiger partial charge in [-0.1, -0.05) is 0 Å².